The Bertz CT molecular complexity index is 893. The number of amides is 1. The minimum absolute atomic E-state index is 0.240. The number of carbonyl (C=O) groups is 1. The molecule has 6 heteroatoms. The molecule has 5 rings (SSSR count). The minimum atomic E-state index is 0.240. The summed E-state index contributed by atoms with van der Waals surface area (Å²) in [6.45, 7) is 6.01. The van der Waals surface area contributed by atoms with Crippen molar-refractivity contribution < 1.29 is 14.3 Å². The maximum absolute atomic E-state index is 12.9. The Balaban J connectivity index is 1.14. The van der Waals surface area contributed by atoms with E-state index in [1.807, 2.05) is 11.0 Å². The van der Waals surface area contributed by atoms with Gasteiger partial charge in [-0.1, -0.05) is 24.3 Å². The van der Waals surface area contributed by atoms with E-state index >= 15 is 0 Å². The first-order valence-corrected chi connectivity index (χ1v) is 10.5. The lowest BCUT2D eigenvalue weighted by atomic mass is 10.0. The highest BCUT2D eigenvalue weighted by molar-refractivity contribution is 5.82. The zero-order valence-electron chi connectivity index (χ0n) is 16.7. The maximum atomic E-state index is 12.9. The maximum Gasteiger partial charge on any atom is 0.242 e. The van der Waals surface area contributed by atoms with Gasteiger partial charge < -0.3 is 19.3 Å². The number of anilines is 1. The molecule has 2 aromatic carbocycles. The van der Waals surface area contributed by atoms with Crippen molar-refractivity contribution in [1.82, 2.24) is 9.80 Å². The molecule has 3 heterocycles. The minimum Gasteiger partial charge on any atom is -0.454 e. The third kappa shape index (κ3) is 3.90. The third-order valence-corrected chi connectivity index (χ3v) is 6.10. The van der Waals surface area contributed by atoms with Crippen molar-refractivity contribution in [2.45, 2.75) is 19.4 Å². The molecule has 1 fully saturated rings. The van der Waals surface area contributed by atoms with Gasteiger partial charge in [0.15, 0.2) is 11.5 Å². The molecule has 0 atom stereocenters. The number of aryl methyl sites for hydroxylation is 1. The van der Waals surface area contributed by atoms with Gasteiger partial charge in [-0.3, -0.25) is 9.69 Å². The molecule has 152 valence electrons. The molecule has 1 saturated heterocycles. The highest BCUT2D eigenvalue weighted by atomic mass is 16.7. The molecule has 0 spiro atoms. The summed E-state index contributed by atoms with van der Waals surface area (Å²) in [4.78, 5) is 19.6. The number of fused-ring (bicyclic) bond motifs is 2. The molecular weight excluding hydrogens is 366 g/mol. The first-order valence-electron chi connectivity index (χ1n) is 10.5. The molecule has 0 bridgehead atoms. The Labute approximate surface area is 171 Å². The number of rotatable bonds is 4. The fourth-order valence-corrected chi connectivity index (χ4v) is 4.49. The average molecular weight is 393 g/mol. The van der Waals surface area contributed by atoms with Gasteiger partial charge in [0.2, 0.25) is 12.7 Å². The van der Waals surface area contributed by atoms with E-state index in [1.165, 1.54) is 16.8 Å². The van der Waals surface area contributed by atoms with E-state index in [4.69, 9.17) is 9.47 Å². The zero-order chi connectivity index (χ0) is 19.6. The summed E-state index contributed by atoms with van der Waals surface area (Å²) >= 11 is 0. The average Bonchev–Trinajstić information content (AvgIpc) is 3.22. The number of para-hydroxylation sites is 1. The van der Waals surface area contributed by atoms with Crippen molar-refractivity contribution in [2.24, 2.45) is 0 Å². The Morgan fingerprint density at radius 1 is 0.931 bits per heavy atom. The lowest BCUT2D eigenvalue weighted by molar-refractivity contribution is -0.131. The molecule has 0 saturated carbocycles. The first-order chi connectivity index (χ1) is 14.3. The van der Waals surface area contributed by atoms with Crippen LogP contribution in [0.2, 0.25) is 0 Å². The molecule has 29 heavy (non-hydrogen) atoms. The van der Waals surface area contributed by atoms with Crippen LogP contribution in [0.3, 0.4) is 0 Å². The van der Waals surface area contributed by atoms with E-state index in [-0.39, 0.29) is 5.91 Å². The predicted octanol–water partition coefficient (Wildman–Crippen LogP) is 2.51. The van der Waals surface area contributed by atoms with Crippen LogP contribution in [0.1, 0.15) is 17.5 Å². The number of nitrogens with zero attached hydrogens (tertiary/aromatic N) is 3. The lowest BCUT2D eigenvalue weighted by Gasteiger charge is -2.37. The second-order valence-electron chi connectivity index (χ2n) is 8.00. The highest BCUT2D eigenvalue weighted by Crippen LogP contribution is 2.33. The Hall–Kier alpha value is -2.73. The summed E-state index contributed by atoms with van der Waals surface area (Å²) in [5, 5.41) is 0. The number of hydrogen-bond acceptors (Lipinski definition) is 5. The van der Waals surface area contributed by atoms with E-state index < -0.39 is 0 Å². The van der Waals surface area contributed by atoms with Crippen LogP contribution in [0.15, 0.2) is 42.5 Å². The summed E-state index contributed by atoms with van der Waals surface area (Å²) in [5.74, 6) is 1.89. The molecule has 2 aromatic rings. The predicted molar refractivity (Wildman–Crippen MR) is 111 cm³/mol. The number of ether oxygens (including phenoxy) is 2. The van der Waals surface area contributed by atoms with Crippen molar-refractivity contribution >= 4 is 11.6 Å². The van der Waals surface area contributed by atoms with Gasteiger partial charge in [-0.05, 0) is 42.2 Å². The van der Waals surface area contributed by atoms with Crippen LogP contribution in [0.25, 0.3) is 0 Å². The number of benzene rings is 2. The lowest BCUT2D eigenvalue weighted by Crippen LogP contribution is -2.51. The van der Waals surface area contributed by atoms with Crippen LogP contribution in [-0.4, -0.2) is 61.8 Å². The highest BCUT2D eigenvalue weighted by Gasteiger charge is 2.25. The summed E-state index contributed by atoms with van der Waals surface area (Å²) in [6, 6.07) is 14.6. The van der Waals surface area contributed by atoms with Crippen LogP contribution < -0.4 is 14.4 Å². The number of hydrogen-bond donors (Lipinski definition) is 0. The van der Waals surface area contributed by atoms with E-state index in [1.54, 1.807) is 0 Å². The molecule has 3 aliphatic heterocycles. The third-order valence-electron chi connectivity index (χ3n) is 6.10. The van der Waals surface area contributed by atoms with Gasteiger partial charge in [-0.15, -0.1) is 0 Å². The molecular formula is C23H27N3O3. The standard InChI is InChI=1S/C23H27N3O3/c27-23(16-26-9-3-5-19-4-1-2-6-20(19)26)25-12-10-24(11-13-25)15-18-7-8-21-22(14-18)29-17-28-21/h1-2,4,6-8,14H,3,5,9-13,15-17H2. The monoisotopic (exact) mass is 393 g/mol. The van der Waals surface area contributed by atoms with Crippen molar-refractivity contribution in [1.29, 1.82) is 0 Å². The molecule has 6 nitrogen and oxygen atoms in total. The summed E-state index contributed by atoms with van der Waals surface area (Å²) in [7, 11) is 0. The fourth-order valence-electron chi connectivity index (χ4n) is 4.49. The summed E-state index contributed by atoms with van der Waals surface area (Å²) in [6.07, 6.45) is 2.23. The van der Waals surface area contributed by atoms with E-state index in [2.05, 4.69) is 46.2 Å². The van der Waals surface area contributed by atoms with Gasteiger partial charge in [-0.2, -0.15) is 0 Å². The normalized spacial score (nSPS) is 18.6. The fraction of sp³-hybridized carbons (Fsp3) is 0.435. The molecule has 0 radical (unpaired) electrons. The number of piperazine rings is 1. The van der Waals surface area contributed by atoms with Gasteiger partial charge in [0.05, 0.1) is 6.54 Å². The van der Waals surface area contributed by atoms with Crippen LogP contribution >= 0.6 is 0 Å². The quantitative estimate of drug-likeness (QED) is 0.799. The zero-order valence-corrected chi connectivity index (χ0v) is 16.7. The van der Waals surface area contributed by atoms with Crippen LogP contribution in [-0.2, 0) is 17.8 Å². The van der Waals surface area contributed by atoms with Gasteiger partial charge in [0, 0.05) is 45.0 Å². The van der Waals surface area contributed by atoms with E-state index in [0.29, 0.717) is 13.3 Å². The summed E-state index contributed by atoms with van der Waals surface area (Å²) < 4.78 is 10.9. The molecule has 1 amide bonds. The van der Waals surface area contributed by atoms with Gasteiger partial charge in [0.1, 0.15) is 0 Å². The molecule has 0 unspecified atom stereocenters. The molecule has 0 N–H and O–H groups in total. The SMILES string of the molecule is O=C(CN1CCCc2ccccc21)N1CCN(Cc2ccc3c(c2)OCO3)CC1. The van der Waals surface area contributed by atoms with Crippen molar-refractivity contribution in [3.63, 3.8) is 0 Å². The van der Waals surface area contributed by atoms with Crippen LogP contribution in [0.4, 0.5) is 5.69 Å². The topological polar surface area (TPSA) is 45.3 Å². The van der Waals surface area contributed by atoms with Crippen molar-refractivity contribution in [2.75, 3.05) is 51.0 Å². The van der Waals surface area contributed by atoms with Crippen LogP contribution in [0.5, 0.6) is 11.5 Å². The molecule has 0 aromatic heterocycles. The van der Waals surface area contributed by atoms with Crippen molar-refractivity contribution in [3.05, 3.63) is 53.6 Å². The molecule has 0 aliphatic carbocycles. The van der Waals surface area contributed by atoms with E-state index in [9.17, 15) is 4.79 Å². The second kappa shape index (κ2) is 7.95. The smallest absolute Gasteiger partial charge is 0.242 e. The van der Waals surface area contributed by atoms with E-state index in [0.717, 1.165) is 63.6 Å². The van der Waals surface area contributed by atoms with Crippen molar-refractivity contribution in [3.8, 4) is 11.5 Å². The van der Waals surface area contributed by atoms with Gasteiger partial charge in [-0.25, -0.2) is 0 Å². The Morgan fingerprint density at radius 3 is 2.66 bits per heavy atom. The Morgan fingerprint density at radius 2 is 1.76 bits per heavy atom. The second-order valence-corrected chi connectivity index (χ2v) is 8.00. The largest absolute Gasteiger partial charge is 0.454 e. The first kappa shape index (κ1) is 18.3. The van der Waals surface area contributed by atoms with Gasteiger partial charge >= 0.3 is 0 Å². The molecule has 3 aliphatic rings. The number of carbonyl (C=O) groups excluding carboxylic acids is 1. The summed E-state index contributed by atoms with van der Waals surface area (Å²) in [5.41, 5.74) is 3.81. The van der Waals surface area contributed by atoms with Crippen LogP contribution in [0, 0.1) is 0 Å². The Kier molecular flexibility index (Phi) is 5.02. The van der Waals surface area contributed by atoms with Gasteiger partial charge in [0.25, 0.3) is 0 Å².